The predicted octanol–water partition coefficient (Wildman–Crippen LogP) is 1.84. The van der Waals surface area contributed by atoms with Crippen molar-refractivity contribution in [3.63, 3.8) is 0 Å². The number of ketones is 1. The number of carbonyl (C=O) groups excluding carboxylic acids is 4. The van der Waals surface area contributed by atoms with E-state index in [1.807, 2.05) is 6.92 Å². The van der Waals surface area contributed by atoms with Crippen LogP contribution in [0.3, 0.4) is 0 Å². The first-order valence-electron chi connectivity index (χ1n) is 7.85. The van der Waals surface area contributed by atoms with Crippen molar-refractivity contribution in [2.24, 2.45) is 0 Å². The van der Waals surface area contributed by atoms with E-state index >= 15 is 0 Å². The molecule has 0 aliphatic heterocycles. The summed E-state index contributed by atoms with van der Waals surface area (Å²) in [5.74, 6) is -1.91. The topological polar surface area (TPSA) is 102 Å². The molecule has 134 valence electrons. The highest BCUT2D eigenvalue weighted by molar-refractivity contribution is 6.08. The summed E-state index contributed by atoms with van der Waals surface area (Å²) in [7, 11) is 1.18. The van der Waals surface area contributed by atoms with E-state index in [2.05, 4.69) is 21.9 Å². The van der Waals surface area contributed by atoms with E-state index in [-0.39, 0.29) is 24.3 Å². The van der Waals surface area contributed by atoms with Gasteiger partial charge in [-0.2, -0.15) is 0 Å². The van der Waals surface area contributed by atoms with Crippen LogP contribution in [0, 0.1) is 0 Å². The van der Waals surface area contributed by atoms with Crippen LogP contribution in [-0.4, -0.2) is 36.7 Å². The summed E-state index contributed by atoms with van der Waals surface area (Å²) in [6.07, 6.45) is 1.67. The predicted molar refractivity (Wildman–Crippen MR) is 93.1 cm³/mol. The van der Waals surface area contributed by atoms with E-state index in [1.165, 1.54) is 13.2 Å². The first-order valence-corrected chi connectivity index (χ1v) is 7.85. The Hall–Kier alpha value is -2.96. The van der Waals surface area contributed by atoms with Gasteiger partial charge in [0.25, 0.3) is 0 Å². The van der Waals surface area contributed by atoms with Crippen molar-refractivity contribution in [1.82, 2.24) is 5.32 Å². The smallest absolute Gasteiger partial charge is 0.328 e. The lowest BCUT2D eigenvalue weighted by Gasteiger charge is -2.17. The molecule has 1 rings (SSSR count). The van der Waals surface area contributed by atoms with Crippen LogP contribution in [0.1, 0.15) is 36.5 Å². The number of Topliss-reactive ketones (excluding diaryl/α,β-unsaturated/α-hetero) is 1. The Kier molecular flexibility index (Phi) is 8.05. The highest BCUT2D eigenvalue weighted by atomic mass is 16.5. The third-order valence-corrected chi connectivity index (χ3v) is 3.36. The van der Waals surface area contributed by atoms with Gasteiger partial charge in [0.05, 0.1) is 12.8 Å². The molecule has 0 aliphatic carbocycles. The Morgan fingerprint density at radius 2 is 1.92 bits per heavy atom. The van der Waals surface area contributed by atoms with E-state index in [4.69, 9.17) is 0 Å². The lowest BCUT2D eigenvalue weighted by Crippen LogP contribution is -2.42. The summed E-state index contributed by atoms with van der Waals surface area (Å²) in [6.45, 7) is 5.19. The number of esters is 1. The Balaban J connectivity index is 2.96. The van der Waals surface area contributed by atoms with Crippen molar-refractivity contribution in [2.75, 3.05) is 12.4 Å². The minimum absolute atomic E-state index is 0.233. The molecule has 1 unspecified atom stereocenters. The van der Waals surface area contributed by atoms with Crippen LogP contribution < -0.4 is 10.6 Å². The molecular weight excluding hydrogens is 324 g/mol. The normalized spacial score (nSPS) is 11.1. The van der Waals surface area contributed by atoms with Gasteiger partial charge in [0.2, 0.25) is 11.8 Å². The molecule has 0 saturated carbocycles. The van der Waals surface area contributed by atoms with Crippen LogP contribution in [0.15, 0.2) is 36.9 Å². The molecule has 1 atom stereocenters. The van der Waals surface area contributed by atoms with Gasteiger partial charge in [-0.05, 0) is 24.6 Å². The van der Waals surface area contributed by atoms with Gasteiger partial charge in [0, 0.05) is 18.4 Å². The van der Waals surface area contributed by atoms with Crippen molar-refractivity contribution in [1.29, 1.82) is 0 Å². The molecule has 0 heterocycles. The van der Waals surface area contributed by atoms with Crippen LogP contribution in [0.4, 0.5) is 5.69 Å². The van der Waals surface area contributed by atoms with Crippen LogP contribution in [0.5, 0.6) is 0 Å². The van der Waals surface area contributed by atoms with Crippen LogP contribution in [0.2, 0.25) is 0 Å². The molecule has 0 spiro atoms. The van der Waals surface area contributed by atoms with Gasteiger partial charge in [-0.1, -0.05) is 25.6 Å². The first-order chi connectivity index (χ1) is 11.9. The zero-order valence-corrected chi connectivity index (χ0v) is 14.3. The molecule has 1 aromatic rings. The second kappa shape index (κ2) is 10.0. The van der Waals surface area contributed by atoms with E-state index in [0.29, 0.717) is 12.1 Å². The van der Waals surface area contributed by atoms with Gasteiger partial charge < -0.3 is 15.4 Å². The third kappa shape index (κ3) is 6.21. The number of anilines is 1. The standard InChI is InChI=1S/C18H22N2O5/c1-4-8-17(23)20-14(18(24)25-3)11-15(21)12-9-6-7-10-13(12)19-16(22)5-2/h5-7,9-10,14H,2,4,8,11H2,1,3H3,(H,19,22)(H,20,23). The monoisotopic (exact) mass is 346 g/mol. The molecule has 0 fully saturated rings. The molecule has 2 N–H and O–H groups in total. The number of methoxy groups -OCH3 is 1. The maximum absolute atomic E-state index is 12.6. The van der Waals surface area contributed by atoms with E-state index < -0.39 is 23.7 Å². The number of para-hydroxylation sites is 1. The number of hydrogen-bond acceptors (Lipinski definition) is 5. The number of ether oxygens (including phenoxy) is 1. The fraction of sp³-hybridized carbons (Fsp3) is 0.333. The van der Waals surface area contributed by atoms with Gasteiger partial charge >= 0.3 is 5.97 Å². The van der Waals surface area contributed by atoms with Crippen LogP contribution >= 0.6 is 0 Å². The molecule has 7 nitrogen and oxygen atoms in total. The van der Waals surface area contributed by atoms with Gasteiger partial charge in [0.15, 0.2) is 5.78 Å². The Labute approximate surface area is 146 Å². The summed E-state index contributed by atoms with van der Waals surface area (Å²) in [5, 5.41) is 5.04. The summed E-state index contributed by atoms with van der Waals surface area (Å²) in [6, 6.07) is 5.32. The number of nitrogens with one attached hydrogen (secondary N) is 2. The van der Waals surface area contributed by atoms with Gasteiger partial charge in [-0.25, -0.2) is 4.79 Å². The highest BCUT2D eigenvalue weighted by Crippen LogP contribution is 2.18. The van der Waals surface area contributed by atoms with Gasteiger partial charge in [0.1, 0.15) is 6.04 Å². The fourth-order valence-electron chi connectivity index (χ4n) is 2.14. The highest BCUT2D eigenvalue weighted by Gasteiger charge is 2.26. The first kappa shape index (κ1) is 20.1. The summed E-state index contributed by atoms with van der Waals surface area (Å²) in [4.78, 5) is 47.6. The minimum Gasteiger partial charge on any atom is -0.467 e. The second-order valence-corrected chi connectivity index (χ2v) is 5.26. The number of carbonyl (C=O) groups is 4. The zero-order valence-electron chi connectivity index (χ0n) is 14.3. The van der Waals surface area contributed by atoms with Crippen molar-refractivity contribution < 1.29 is 23.9 Å². The molecule has 0 bridgehead atoms. The molecule has 0 aliphatic rings. The number of amides is 2. The second-order valence-electron chi connectivity index (χ2n) is 5.26. The fourth-order valence-corrected chi connectivity index (χ4v) is 2.14. The SMILES string of the molecule is C=CC(=O)Nc1ccccc1C(=O)CC(NC(=O)CCC)C(=O)OC. The maximum Gasteiger partial charge on any atom is 0.328 e. The van der Waals surface area contributed by atoms with E-state index in [1.54, 1.807) is 18.2 Å². The zero-order chi connectivity index (χ0) is 18.8. The van der Waals surface area contributed by atoms with Gasteiger partial charge in [-0.3, -0.25) is 14.4 Å². The van der Waals surface area contributed by atoms with Crippen molar-refractivity contribution in [3.05, 3.63) is 42.5 Å². The number of rotatable bonds is 9. The van der Waals surface area contributed by atoms with Gasteiger partial charge in [-0.15, -0.1) is 0 Å². The number of hydrogen-bond donors (Lipinski definition) is 2. The van der Waals surface area contributed by atoms with E-state index in [9.17, 15) is 19.2 Å². The molecule has 1 aromatic carbocycles. The Morgan fingerprint density at radius 1 is 1.24 bits per heavy atom. The van der Waals surface area contributed by atoms with Crippen molar-refractivity contribution in [2.45, 2.75) is 32.2 Å². The summed E-state index contributed by atoms with van der Waals surface area (Å²) in [5.41, 5.74) is 0.539. The minimum atomic E-state index is -1.08. The largest absolute Gasteiger partial charge is 0.467 e. The van der Waals surface area contributed by atoms with Crippen molar-refractivity contribution >= 4 is 29.3 Å². The number of benzene rings is 1. The Morgan fingerprint density at radius 3 is 2.52 bits per heavy atom. The molecule has 25 heavy (non-hydrogen) atoms. The lowest BCUT2D eigenvalue weighted by molar-refractivity contribution is -0.145. The summed E-state index contributed by atoms with van der Waals surface area (Å²) >= 11 is 0. The lowest BCUT2D eigenvalue weighted by atomic mass is 10.0. The van der Waals surface area contributed by atoms with Crippen LogP contribution in [-0.2, 0) is 19.1 Å². The molecular formula is C18H22N2O5. The third-order valence-electron chi connectivity index (χ3n) is 3.36. The Bertz CT molecular complexity index is 669. The average molecular weight is 346 g/mol. The molecule has 0 radical (unpaired) electrons. The molecule has 0 aromatic heterocycles. The quantitative estimate of drug-likeness (QED) is 0.404. The van der Waals surface area contributed by atoms with Crippen molar-refractivity contribution in [3.8, 4) is 0 Å². The maximum atomic E-state index is 12.6. The van der Waals surface area contributed by atoms with E-state index in [0.717, 1.165) is 6.08 Å². The van der Waals surface area contributed by atoms with Crippen LogP contribution in [0.25, 0.3) is 0 Å². The average Bonchev–Trinajstić information content (AvgIpc) is 2.60. The summed E-state index contributed by atoms with van der Waals surface area (Å²) < 4.78 is 4.65. The molecule has 7 heteroatoms. The molecule has 0 saturated heterocycles. The molecule has 2 amide bonds.